The minimum Gasteiger partial charge on any atom is -0.455 e. The van der Waals surface area contributed by atoms with E-state index >= 15 is 0 Å². The van der Waals surface area contributed by atoms with Crippen LogP contribution in [0.1, 0.15) is 36.1 Å². The number of carbonyl (C=O) groups excluding carboxylic acids is 1. The van der Waals surface area contributed by atoms with E-state index in [0.29, 0.717) is 11.4 Å². The van der Waals surface area contributed by atoms with E-state index in [1.807, 2.05) is 67.1 Å². The van der Waals surface area contributed by atoms with Crippen LogP contribution in [0.25, 0.3) is 0 Å². The van der Waals surface area contributed by atoms with Crippen LogP contribution in [0.5, 0.6) is 11.5 Å². The molecule has 0 saturated heterocycles. The Hall–Kier alpha value is -3.35. The Morgan fingerprint density at radius 3 is 2.89 bits per heavy atom. The van der Waals surface area contributed by atoms with Gasteiger partial charge in [0.1, 0.15) is 17.4 Å². The highest BCUT2D eigenvalue weighted by Gasteiger charge is 2.25. The first-order chi connectivity index (χ1) is 13.6. The van der Waals surface area contributed by atoms with E-state index in [4.69, 9.17) is 4.74 Å². The van der Waals surface area contributed by atoms with Gasteiger partial charge in [0.15, 0.2) is 5.75 Å². The molecule has 2 aromatic carbocycles. The molecule has 7 nitrogen and oxygen atoms in total. The largest absolute Gasteiger partial charge is 0.455 e. The molecule has 1 atom stereocenters. The van der Waals surface area contributed by atoms with Crippen molar-refractivity contribution in [1.82, 2.24) is 20.1 Å². The SMILES string of the molecule is Cc1cccc(Oc2ccccc2NC(=O)NC2CCCn3nc(C)nc32)c1. The van der Waals surface area contributed by atoms with Crippen molar-refractivity contribution in [1.29, 1.82) is 0 Å². The van der Waals surface area contributed by atoms with Crippen LogP contribution in [0, 0.1) is 13.8 Å². The van der Waals surface area contributed by atoms with Crippen LogP contribution < -0.4 is 15.4 Å². The molecule has 1 unspecified atom stereocenters. The number of urea groups is 1. The van der Waals surface area contributed by atoms with E-state index in [2.05, 4.69) is 20.7 Å². The van der Waals surface area contributed by atoms with Crippen LogP contribution in [-0.4, -0.2) is 20.8 Å². The molecule has 0 spiro atoms. The second-order valence-corrected chi connectivity index (χ2v) is 6.95. The average Bonchev–Trinajstić information content (AvgIpc) is 3.05. The van der Waals surface area contributed by atoms with Gasteiger partial charge >= 0.3 is 6.03 Å². The number of aryl methyl sites for hydroxylation is 3. The molecule has 3 aromatic rings. The number of fused-ring (bicyclic) bond motifs is 1. The highest BCUT2D eigenvalue weighted by atomic mass is 16.5. The molecular weight excluding hydrogens is 354 g/mol. The van der Waals surface area contributed by atoms with Gasteiger partial charge in [0.05, 0.1) is 11.7 Å². The summed E-state index contributed by atoms with van der Waals surface area (Å²) < 4.78 is 7.85. The van der Waals surface area contributed by atoms with E-state index in [1.54, 1.807) is 0 Å². The molecule has 0 aliphatic carbocycles. The lowest BCUT2D eigenvalue weighted by Crippen LogP contribution is -2.36. The zero-order chi connectivity index (χ0) is 19.5. The minimum absolute atomic E-state index is 0.153. The monoisotopic (exact) mass is 377 g/mol. The van der Waals surface area contributed by atoms with Gasteiger partial charge in [-0.3, -0.25) is 0 Å². The van der Waals surface area contributed by atoms with Crippen molar-refractivity contribution in [2.45, 2.75) is 39.3 Å². The predicted octanol–water partition coefficient (Wildman–Crippen LogP) is 4.34. The maximum absolute atomic E-state index is 12.6. The Morgan fingerprint density at radius 1 is 1.18 bits per heavy atom. The number of para-hydroxylation sites is 2. The number of rotatable bonds is 4. The summed E-state index contributed by atoms with van der Waals surface area (Å²) in [5.74, 6) is 2.85. The fourth-order valence-electron chi connectivity index (χ4n) is 3.39. The van der Waals surface area contributed by atoms with Gasteiger partial charge in [-0.25, -0.2) is 14.5 Å². The summed E-state index contributed by atoms with van der Waals surface area (Å²) in [7, 11) is 0. The third kappa shape index (κ3) is 3.98. The molecular formula is C21H23N5O2. The number of amides is 2. The molecule has 0 saturated carbocycles. The topological polar surface area (TPSA) is 81.1 Å². The fraction of sp³-hybridized carbons (Fsp3) is 0.286. The van der Waals surface area contributed by atoms with Crippen molar-refractivity contribution < 1.29 is 9.53 Å². The van der Waals surface area contributed by atoms with Crippen molar-refractivity contribution in [3.8, 4) is 11.5 Å². The molecule has 1 aromatic heterocycles. The van der Waals surface area contributed by atoms with E-state index in [1.165, 1.54) is 0 Å². The van der Waals surface area contributed by atoms with E-state index in [0.717, 1.165) is 42.3 Å². The van der Waals surface area contributed by atoms with Gasteiger partial charge in [-0.05, 0) is 56.5 Å². The van der Waals surface area contributed by atoms with E-state index < -0.39 is 0 Å². The third-order valence-corrected chi connectivity index (χ3v) is 4.64. The maximum atomic E-state index is 12.6. The second-order valence-electron chi connectivity index (χ2n) is 6.95. The lowest BCUT2D eigenvalue weighted by molar-refractivity contribution is 0.244. The van der Waals surface area contributed by atoms with Gasteiger partial charge < -0.3 is 15.4 Å². The van der Waals surface area contributed by atoms with Crippen LogP contribution in [0.4, 0.5) is 10.5 Å². The predicted molar refractivity (Wildman–Crippen MR) is 107 cm³/mol. The minimum atomic E-state index is -0.292. The number of nitrogens with zero attached hydrogens (tertiary/aromatic N) is 3. The molecule has 2 amide bonds. The molecule has 1 aliphatic rings. The fourth-order valence-corrected chi connectivity index (χ4v) is 3.39. The van der Waals surface area contributed by atoms with Crippen LogP contribution in [-0.2, 0) is 6.54 Å². The first kappa shape index (κ1) is 18.0. The van der Waals surface area contributed by atoms with Crippen molar-refractivity contribution in [2.75, 3.05) is 5.32 Å². The van der Waals surface area contributed by atoms with Crippen molar-refractivity contribution in [2.24, 2.45) is 0 Å². The quantitative estimate of drug-likeness (QED) is 0.708. The maximum Gasteiger partial charge on any atom is 0.319 e. The van der Waals surface area contributed by atoms with E-state index in [-0.39, 0.29) is 12.1 Å². The smallest absolute Gasteiger partial charge is 0.319 e. The average molecular weight is 377 g/mol. The van der Waals surface area contributed by atoms with Crippen molar-refractivity contribution in [3.63, 3.8) is 0 Å². The Kier molecular flexibility index (Phi) is 4.97. The molecule has 7 heteroatoms. The van der Waals surface area contributed by atoms with Crippen molar-refractivity contribution in [3.05, 3.63) is 65.7 Å². The zero-order valence-electron chi connectivity index (χ0n) is 16.0. The van der Waals surface area contributed by atoms with Crippen LogP contribution in [0.2, 0.25) is 0 Å². The highest BCUT2D eigenvalue weighted by molar-refractivity contribution is 5.91. The number of aromatic nitrogens is 3. The standard InChI is InChI=1S/C21H23N5O2/c1-14-7-5-8-16(13-14)28-19-11-4-3-9-17(19)23-21(27)24-18-10-6-12-26-20(18)22-15(2)25-26/h3-5,7-9,11,13,18H,6,10,12H2,1-2H3,(H2,23,24,27). The molecule has 2 heterocycles. The Labute approximate surface area is 163 Å². The highest BCUT2D eigenvalue weighted by Crippen LogP contribution is 2.30. The van der Waals surface area contributed by atoms with Crippen LogP contribution in [0.3, 0.4) is 0 Å². The Bertz CT molecular complexity index is 998. The summed E-state index contributed by atoms with van der Waals surface area (Å²) in [6.07, 6.45) is 1.79. The number of hydrogen-bond donors (Lipinski definition) is 2. The molecule has 1 aliphatic heterocycles. The molecule has 4 rings (SSSR count). The third-order valence-electron chi connectivity index (χ3n) is 4.64. The molecule has 0 bridgehead atoms. The lowest BCUT2D eigenvalue weighted by atomic mass is 10.1. The van der Waals surface area contributed by atoms with E-state index in [9.17, 15) is 4.79 Å². The summed E-state index contributed by atoms with van der Waals surface area (Å²) in [5.41, 5.74) is 1.72. The number of nitrogens with one attached hydrogen (secondary N) is 2. The number of carbonyl (C=O) groups is 1. The van der Waals surface area contributed by atoms with Gasteiger partial charge in [-0.2, -0.15) is 5.10 Å². The van der Waals surface area contributed by atoms with Gasteiger partial charge in [0.2, 0.25) is 0 Å². The molecule has 2 N–H and O–H groups in total. The summed E-state index contributed by atoms with van der Waals surface area (Å²) in [6, 6.07) is 14.7. The summed E-state index contributed by atoms with van der Waals surface area (Å²) >= 11 is 0. The number of ether oxygens (including phenoxy) is 1. The molecule has 144 valence electrons. The number of hydrogen-bond acceptors (Lipinski definition) is 4. The van der Waals surface area contributed by atoms with Crippen LogP contribution >= 0.6 is 0 Å². The summed E-state index contributed by atoms with van der Waals surface area (Å²) in [4.78, 5) is 17.1. The second kappa shape index (κ2) is 7.72. The van der Waals surface area contributed by atoms with Gasteiger partial charge in [0, 0.05) is 6.54 Å². The first-order valence-electron chi connectivity index (χ1n) is 9.41. The van der Waals surface area contributed by atoms with Gasteiger partial charge in [0.25, 0.3) is 0 Å². The first-order valence-corrected chi connectivity index (χ1v) is 9.41. The normalized spacial score (nSPS) is 15.6. The van der Waals surface area contributed by atoms with Gasteiger partial charge in [-0.1, -0.05) is 24.3 Å². The zero-order valence-corrected chi connectivity index (χ0v) is 16.0. The number of anilines is 1. The summed E-state index contributed by atoms with van der Waals surface area (Å²) in [5, 5.41) is 10.3. The molecule has 0 radical (unpaired) electrons. The Morgan fingerprint density at radius 2 is 2.04 bits per heavy atom. The number of benzene rings is 2. The molecule has 0 fully saturated rings. The Balaban J connectivity index is 1.47. The van der Waals surface area contributed by atoms with Crippen molar-refractivity contribution >= 4 is 11.7 Å². The van der Waals surface area contributed by atoms with Gasteiger partial charge in [-0.15, -0.1) is 0 Å². The lowest BCUT2D eigenvalue weighted by Gasteiger charge is -2.23. The van der Waals surface area contributed by atoms with Crippen LogP contribution in [0.15, 0.2) is 48.5 Å². The molecule has 28 heavy (non-hydrogen) atoms. The summed E-state index contributed by atoms with van der Waals surface area (Å²) in [6.45, 7) is 4.71.